The van der Waals surface area contributed by atoms with E-state index in [1.165, 1.54) is 36.4 Å². The Morgan fingerprint density at radius 1 is 1.18 bits per heavy atom. The zero-order valence-corrected chi connectivity index (χ0v) is 18.4. The number of nitrogens with zero attached hydrogens (tertiary/aromatic N) is 2. The summed E-state index contributed by atoms with van der Waals surface area (Å²) in [4.78, 5) is 3.64. The highest BCUT2D eigenvalue weighted by atomic mass is 32.2. The number of hydrogen-bond donors (Lipinski definition) is 0. The summed E-state index contributed by atoms with van der Waals surface area (Å²) in [6, 6.07) is 14.9. The number of aryl methyl sites for hydroxylation is 1. The molecule has 0 N–H and O–H groups in total. The van der Waals surface area contributed by atoms with E-state index in [2.05, 4.69) is 78.8 Å². The molecule has 0 bridgehead atoms. The first-order valence-corrected chi connectivity index (χ1v) is 11.2. The van der Waals surface area contributed by atoms with Gasteiger partial charge in [0, 0.05) is 29.6 Å². The standard InChI is InChI=1S/C23H25N2OS2/c1-5-24-18-9-7-8-10-20(18)27-22(24)13-16(3)14-23-25(6-2)19-15-17(26-4)11-12-21(19)28-23/h7-15H,5-6H2,1-4H3/q+1. The summed E-state index contributed by atoms with van der Waals surface area (Å²) in [6.07, 6.45) is 4.60. The van der Waals surface area contributed by atoms with Crippen molar-refractivity contribution in [2.75, 3.05) is 18.6 Å². The van der Waals surface area contributed by atoms with Crippen LogP contribution in [0.15, 0.2) is 64.0 Å². The van der Waals surface area contributed by atoms with Gasteiger partial charge in [-0.05, 0) is 50.6 Å². The van der Waals surface area contributed by atoms with Crippen molar-refractivity contribution in [2.24, 2.45) is 0 Å². The minimum Gasteiger partial charge on any atom is -0.497 e. The van der Waals surface area contributed by atoms with Gasteiger partial charge in [-0.1, -0.05) is 35.2 Å². The number of hydrogen-bond acceptors (Lipinski definition) is 4. The smallest absolute Gasteiger partial charge is 0.262 e. The van der Waals surface area contributed by atoms with Gasteiger partial charge in [-0.15, -0.1) is 0 Å². The molecule has 28 heavy (non-hydrogen) atoms. The Bertz CT molecular complexity index is 1080. The summed E-state index contributed by atoms with van der Waals surface area (Å²) < 4.78 is 9.14. The van der Waals surface area contributed by atoms with Crippen molar-refractivity contribution < 1.29 is 9.30 Å². The van der Waals surface area contributed by atoms with Crippen LogP contribution in [0.2, 0.25) is 0 Å². The van der Waals surface area contributed by atoms with Crippen LogP contribution in [0.4, 0.5) is 5.69 Å². The molecule has 2 heterocycles. The number of anilines is 1. The largest absolute Gasteiger partial charge is 0.497 e. The highest BCUT2D eigenvalue weighted by Gasteiger charge is 2.24. The van der Waals surface area contributed by atoms with Crippen molar-refractivity contribution in [3.8, 4) is 5.75 Å². The third-order valence-corrected chi connectivity index (χ3v) is 7.13. The second-order valence-corrected chi connectivity index (χ2v) is 8.83. The molecule has 0 saturated heterocycles. The number of allylic oxidation sites excluding steroid dienone is 2. The third kappa shape index (κ3) is 3.45. The Morgan fingerprint density at radius 2 is 2.00 bits per heavy atom. The highest BCUT2D eigenvalue weighted by Crippen LogP contribution is 2.47. The maximum Gasteiger partial charge on any atom is 0.262 e. The maximum atomic E-state index is 5.41. The van der Waals surface area contributed by atoms with E-state index in [1.807, 2.05) is 29.2 Å². The Labute approximate surface area is 175 Å². The summed E-state index contributed by atoms with van der Waals surface area (Å²) in [6.45, 7) is 8.50. The van der Waals surface area contributed by atoms with Gasteiger partial charge in [-0.2, -0.15) is 4.57 Å². The van der Waals surface area contributed by atoms with E-state index in [-0.39, 0.29) is 0 Å². The molecule has 144 valence electrons. The molecule has 0 saturated carbocycles. The fourth-order valence-corrected chi connectivity index (χ4v) is 6.01. The van der Waals surface area contributed by atoms with Crippen LogP contribution in [0, 0.1) is 0 Å². The van der Waals surface area contributed by atoms with Crippen LogP contribution in [0.3, 0.4) is 0 Å². The van der Waals surface area contributed by atoms with E-state index in [4.69, 9.17) is 4.74 Å². The second kappa shape index (κ2) is 8.02. The highest BCUT2D eigenvalue weighted by molar-refractivity contribution is 8.03. The van der Waals surface area contributed by atoms with Gasteiger partial charge >= 0.3 is 0 Å². The van der Waals surface area contributed by atoms with Crippen molar-refractivity contribution in [3.63, 3.8) is 0 Å². The molecule has 5 heteroatoms. The molecular formula is C23H25N2OS2+. The van der Waals surface area contributed by atoms with Crippen LogP contribution < -0.4 is 14.2 Å². The Kier molecular flexibility index (Phi) is 5.47. The number of rotatable bonds is 5. The lowest BCUT2D eigenvalue weighted by atomic mass is 10.2. The van der Waals surface area contributed by atoms with Crippen LogP contribution >= 0.6 is 23.1 Å². The van der Waals surface area contributed by atoms with E-state index < -0.39 is 0 Å². The first-order valence-electron chi connectivity index (χ1n) is 9.59. The van der Waals surface area contributed by atoms with E-state index in [0.717, 1.165) is 18.8 Å². The Morgan fingerprint density at radius 3 is 2.75 bits per heavy atom. The molecule has 0 spiro atoms. The molecule has 3 nitrogen and oxygen atoms in total. The molecule has 3 aromatic rings. The minimum absolute atomic E-state index is 0.903. The van der Waals surface area contributed by atoms with Crippen molar-refractivity contribution in [2.45, 2.75) is 32.2 Å². The van der Waals surface area contributed by atoms with Gasteiger partial charge in [-0.25, -0.2) is 0 Å². The predicted molar refractivity (Wildman–Crippen MR) is 121 cm³/mol. The fraction of sp³-hybridized carbons (Fsp3) is 0.261. The van der Waals surface area contributed by atoms with Gasteiger partial charge in [0.05, 0.1) is 17.8 Å². The zero-order chi connectivity index (χ0) is 19.7. The summed E-state index contributed by atoms with van der Waals surface area (Å²) in [5.74, 6) is 0.903. The molecule has 0 atom stereocenters. The van der Waals surface area contributed by atoms with E-state index in [0.29, 0.717) is 0 Å². The SMILES string of the molecule is CCN1/C(=C/C(C)=C/c2sc3ccccc3[n+]2CC)Sc2ccc(OC)cc21. The molecule has 0 fully saturated rings. The molecule has 2 aromatic carbocycles. The van der Waals surface area contributed by atoms with Crippen molar-refractivity contribution in [3.05, 3.63) is 64.2 Å². The molecule has 0 unspecified atom stereocenters. The van der Waals surface area contributed by atoms with Gasteiger partial charge < -0.3 is 9.64 Å². The monoisotopic (exact) mass is 409 g/mol. The average molecular weight is 410 g/mol. The molecular weight excluding hydrogens is 384 g/mol. The maximum absolute atomic E-state index is 5.41. The number of aromatic nitrogens is 1. The number of para-hydroxylation sites is 1. The van der Waals surface area contributed by atoms with Gasteiger partial charge in [0.2, 0.25) is 5.52 Å². The molecule has 0 radical (unpaired) electrons. The summed E-state index contributed by atoms with van der Waals surface area (Å²) >= 11 is 3.68. The molecule has 1 aliphatic rings. The van der Waals surface area contributed by atoms with Crippen LogP contribution in [-0.4, -0.2) is 13.7 Å². The normalized spacial score (nSPS) is 15.5. The van der Waals surface area contributed by atoms with Crippen molar-refractivity contribution in [1.82, 2.24) is 0 Å². The predicted octanol–water partition coefficient (Wildman–Crippen LogP) is 6.09. The summed E-state index contributed by atoms with van der Waals surface area (Å²) in [7, 11) is 1.72. The van der Waals surface area contributed by atoms with Gasteiger partial charge in [0.25, 0.3) is 5.01 Å². The second-order valence-electron chi connectivity index (χ2n) is 6.70. The Balaban J connectivity index is 1.69. The first kappa shape index (κ1) is 19.1. The van der Waals surface area contributed by atoms with Crippen LogP contribution in [0.25, 0.3) is 16.3 Å². The lowest BCUT2D eigenvalue weighted by Gasteiger charge is -2.18. The van der Waals surface area contributed by atoms with Crippen LogP contribution in [-0.2, 0) is 6.54 Å². The van der Waals surface area contributed by atoms with E-state index >= 15 is 0 Å². The average Bonchev–Trinajstić information content (AvgIpc) is 3.23. The summed E-state index contributed by atoms with van der Waals surface area (Å²) in [5, 5.41) is 2.56. The number of benzene rings is 2. The number of thiazole rings is 1. The molecule has 1 aromatic heterocycles. The third-order valence-electron chi connectivity index (χ3n) is 4.91. The number of fused-ring (bicyclic) bond motifs is 2. The lowest BCUT2D eigenvalue weighted by molar-refractivity contribution is -0.665. The van der Waals surface area contributed by atoms with Crippen molar-refractivity contribution in [1.29, 1.82) is 0 Å². The van der Waals surface area contributed by atoms with Crippen LogP contribution in [0.1, 0.15) is 25.8 Å². The van der Waals surface area contributed by atoms with Gasteiger partial charge in [0.1, 0.15) is 17.0 Å². The molecule has 0 amide bonds. The number of ether oxygens (including phenoxy) is 1. The van der Waals surface area contributed by atoms with Gasteiger partial charge in [-0.3, -0.25) is 0 Å². The van der Waals surface area contributed by atoms with Gasteiger partial charge in [0.15, 0.2) is 0 Å². The fourth-order valence-electron chi connectivity index (χ4n) is 3.56. The van der Waals surface area contributed by atoms with Crippen molar-refractivity contribution >= 4 is 45.1 Å². The van der Waals surface area contributed by atoms with E-state index in [1.54, 1.807) is 7.11 Å². The van der Waals surface area contributed by atoms with E-state index in [9.17, 15) is 0 Å². The topological polar surface area (TPSA) is 16.4 Å². The molecule has 1 aliphatic heterocycles. The quantitative estimate of drug-likeness (QED) is 0.474. The first-order chi connectivity index (χ1) is 13.6. The minimum atomic E-state index is 0.903. The molecule has 4 rings (SSSR count). The number of methoxy groups -OCH3 is 1. The molecule has 0 aliphatic carbocycles. The number of thioether (sulfide) groups is 1. The Hall–Kier alpha value is -2.24. The lowest BCUT2D eigenvalue weighted by Crippen LogP contribution is -2.33. The van der Waals surface area contributed by atoms with Crippen LogP contribution in [0.5, 0.6) is 5.75 Å². The zero-order valence-electron chi connectivity index (χ0n) is 16.7. The summed E-state index contributed by atoms with van der Waals surface area (Å²) in [5.41, 5.74) is 3.80.